The minimum absolute atomic E-state index is 0.609. The number of rotatable bonds is 2. The predicted octanol–water partition coefficient (Wildman–Crippen LogP) is 4.24. The number of para-hydroxylation sites is 1. The van der Waals surface area contributed by atoms with Crippen molar-refractivity contribution in [3.63, 3.8) is 0 Å². The molecule has 0 bridgehead atoms. The Hall–Kier alpha value is -2.33. The second-order valence-electron chi connectivity index (χ2n) is 4.76. The first-order valence-corrected chi connectivity index (χ1v) is 7.63. The molecule has 2 heterocycles. The highest BCUT2D eigenvalue weighted by molar-refractivity contribution is 7.19. The van der Waals surface area contributed by atoms with Crippen molar-refractivity contribution in [3.8, 4) is 11.5 Å². The molecular formula is C17H13NO2S. The molecule has 0 aliphatic carbocycles. The Morgan fingerprint density at radius 1 is 0.952 bits per heavy atom. The second-order valence-corrected chi connectivity index (χ2v) is 5.82. The third-order valence-electron chi connectivity index (χ3n) is 3.30. The minimum Gasteiger partial charge on any atom is -0.486 e. The van der Waals surface area contributed by atoms with Crippen LogP contribution in [0.25, 0.3) is 22.4 Å². The van der Waals surface area contributed by atoms with E-state index < -0.39 is 0 Å². The summed E-state index contributed by atoms with van der Waals surface area (Å²) >= 11 is 1.69. The molecule has 0 saturated carbocycles. The van der Waals surface area contributed by atoms with Gasteiger partial charge in [0.25, 0.3) is 0 Å². The molecule has 0 fully saturated rings. The second kappa shape index (κ2) is 5.22. The molecule has 0 atom stereocenters. The van der Waals surface area contributed by atoms with Crippen molar-refractivity contribution in [1.29, 1.82) is 0 Å². The molecule has 3 aromatic rings. The highest BCUT2D eigenvalue weighted by Gasteiger charge is 2.10. The van der Waals surface area contributed by atoms with Crippen LogP contribution in [0.1, 0.15) is 10.6 Å². The molecule has 4 rings (SSSR count). The normalized spacial score (nSPS) is 13.9. The highest BCUT2D eigenvalue weighted by Crippen LogP contribution is 2.31. The van der Waals surface area contributed by atoms with Gasteiger partial charge in [-0.05, 0) is 35.9 Å². The Labute approximate surface area is 126 Å². The minimum atomic E-state index is 0.609. The van der Waals surface area contributed by atoms with Gasteiger partial charge in [0.05, 0.1) is 10.2 Å². The third-order valence-corrected chi connectivity index (χ3v) is 4.30. The molecule has 0 N–H and O–H groups in total. The molecule has 0 amide bonds. The molecule has 1 aliphatic rings. The van der Waals surface area contributed by atoms with Crippen LogP contribution in [0.15, 0.2) is 42.5 Å². The monoisotopic (exact) mass is 295 g/mol. The number of ether oxygens (including phenoxy) is 2. The molecule has 3 nitrogen and oxygen atoms in total. The van der Waals surface area contributed by atoms with Gasteiger partial charge in [-0.1, -0.05) is 24.3 Å². The molecule has 0 radical (unpaired) electrons. The number of aromatic nitrogens is 1. The van der Waals surface area contributed by atoms with E-state index in [0.717, 1.165) is 27.6 Å². The Morgan fingerprint density at radius 3 is 2.71 bits per heavy atom. The van der Waals surface area contributed by atoms with E-state index in [4.69, 9.17) is 9.47 Å². The lowest BCUT2D eigenvalue weighted by atomic mass is 10.2. The fourth-order valence-electron chi connectivity index (χ4n) is 2.29. The van der Waals surface area contributed by atoms with Crippen molar-refractivity contribution >= 4 is 33.7 Å². The number of thiazole rings is 1. The van der Waals surface area contributed by atoms with Crippen LogP contribution in [0.4, 0.5) is 0 Å². The van der Waals surface area contributed by atoms with Crippen molar-refractivity contribution in [2.75, 3.05) is 13.2 Å². The summed E-state index contributed by atoms with van der Waals surface area (Å²) < 4.78 is 12.3. The number of fused-ring (bicyclic) bond motifs is 2. The number of hydrogen-bond donors (Lipinski definition) is 0. The van der Waals surface area contributed by atoms with Crippen molar-refractivity contribution in [2.45, 2.75) is 0 Å². The van der Waals surface area contributed by atoms with Gasteiger partial charge in [-0.2, -0.15) is 0 Å². The summed E-state index contributed by atoms with van der Waals surface area (Å²) in [7, 11) is 0. The molecule has 0 unspecified atom stereocenters. The number of hydrogen-bond acceptors (Lipinski definition) is 4. The van der Waals surface area contributed by atoms with Gasteiger partial charge >= 0.3 is 0 Å². The molecule has 104 valence electrons. The first kappa shape index (κ1) is 12.4. The van der Waals surface area contributed by atoms with E-state index in [1.54, 1.807) is 11.3 Å². The maximum absolute atomic E-state index is 5.59. The largest absolute Gasteiger partial charge is 0.486 e. The molecule has 1 aliphatic heterocycles. The summed E-state index contributed by atoms with van der Waals surface area (Å²) in [6, 6.07) is 14.1. The van der Waals surface area contributed by atoms with E-state index >= 15 is 0 Å². The third kappa shape index (κ3) is 2.50. The summed E-state index contributed by atoms with van der Waals surface area (Å²) in [5, 5.41) is 1.01. The summed E-state index contributed by atoms with van der Waals surface area (Å²) in [6.07, 6.45) is 4.09. The smallest absolute Gasteiger partial charge is 0.161 e. The van der Waals surface area contributed by atoms with E-state index in [-0.39, 0.29) is 0 Å². The molecule has 2 aromatic carbocycles. The number of nitrogens with zero attached hydrogens (tertiary/aromatic N) is 1. The lowest BCUT2D eigenvalue weighted by molar-refractivity contribution is 0.171. The summed E-state index contributed by atoms with van der Waals surface area (Å²) in [6.45, 7) is 1.23. The number of benzene rings is 2. The molecular weight excluding hydrogens is 282 g/mol. The maximum Gasteiger partial charge on any atom is 0.161 e. The first-order valence-electron chi connectivity index (χ1n) is 6.82. The zero-order valence-corrected chi connectivity index (χ0v) is 12.1. The summed E-state index contributed by atoms with van der Waals surface area (Å²) in [5.74, 6) is 1.63. The fraction of sp³-hybridized carbons (Fsp3) is 0.118. The lowest BCUT2D eigenvalue weighted by Crippen LogP contribution is -2.15. The Balaban J connectivity index is 1.62. The van der Waals surface area contributed by atoms with E-state index in [9.17, 15) is 0 Å². The van der Waals surface area contributed by atoms with Gasteiger partial charge < -0.3 is 9.47 Å². The van der Waals surface area contributed by atoms with Crippen LogP contribution >= 0.6 is 11.3 Å². The van der Waals surface area contributed by atoms with Crippen LogP contribution in [-0.2, 0) is 0 Å². The highest BCUT2D eigenvalue weighted by atomic mass is 32.1. The lowest BCUT2D eigenvalue weighted by Gasteiger charge is -2.18. The van der Waals surface area contributed by atoms with Crippen LogP contribution in [0.3, 0.4) is 0 Å². The standard InChI is InChI=1S/C17H13NO2S/c1-2-4-16-13(3-1)18-17(21-16)8-6-12-5-7-14-15(11-12)20-10-9-19-14/h1-8,11H,9-10H2/b8-6+. The van der Waals surface area contributed by atoms with Gasteiger partial charge in [0.1, 0.15) is 18.2 Å². The summed E-state index contributed by atoms with van der Waals surface area (Å²) in [5.41, 5.74) is 2.13. The van der Waals surface area contributed by atoms with Crippen LogP contribution < -0.4 is 9.47 Å². The SMILES string of the molecule is C(=C\c1nc2ccccc2s1)/c1ccc2c(c1)OCCO2. The predicted molar refractivity (Wildman–Crippen MR) is 86.0 cm³/mol. The van der Waals surface area contributed by atoms with Crippen LogP contribution in [0.2, 0.25) is 0 Å². The van der Waals surface area contributed by atoms with E-state index in [1.165, 1.54) is 4.70 Å². The van der Waals surface area contributed by atoms with Crippen LogP contribution in [-0.4, -0.2) is 18.2 Å². The van der Waals surface area contributed by atoms with Crippen LogP contribution in [0, 0.1) is 0 Å². The molecule has 0 spiro atoms. The van der Waals surface area contributed by atoms with Crippen molar-refractivity contribution in [3.05, 3.63) is 53.0 Å². The van der Waals surface area contributed by atoms with E-state index in [0.29, 0.717) is 13.2 Å². The van der Waals surface area contributed by atoms with Gasteiger partial charge in [-0.25, -0.2) is 4.98 Å². The molecule has 0 saturated heterocycles. The van der Waals surface area contributed by atoms with Gasteiger partial charge in [-0.15, -0.1) is 11.3 Å². The summed E-state index contributed by atoms with van der Waals surface area (Å²) in [4.78, 5) is 4.59. The maximum atomic E-state index is 5.59. The van der Waals surface area contributed by atoms with Gasteiger partial charge in [0.15, 0.2) is 11.5 Å². The molecule has 4 heteroatoms. The van der Waals surface area contributed by atoms with E-state index in [1.807, 2.05) is 42.5 Å². The Kier molecular flexibility index (Phi) is 3.09. The Morgan fingerprint density at radius 2 is 1.81 bits per heavy atom. The Bertz CT molecular complexity index is 790. The van der Waals surface area contributed by atoms with Crippen molar-refractivity contribution in [2.24, 2.45) is 0 Å². The molecule has 21 heavy (non-hydrogen) atoms. The van der Waals surface area contributed by atoms with Gasteiger partial charge in [0, 0.05) is 0 Å². The quantitative estimate of drug-likeness (QED) is 0.708. The molecule has 1 aromatic heterocycles. The average molecular weight is 295 g/mol. The van der Waals surface area contributed by atoms with Crippen molar-refractivity contribution in [1.82, 2.24) is 4.98 Å². The fourth-order valence-corrected chi connectivity index (χ4v) is 3.16. The van der Waals surface area contributed by atoms with Gasteiger partial charge in [0.2, 0.25) is 0 Å². The average Bonchev–Trinajstić information content (AvgIpc) is 2.95. The van der Waals surface area contributed by atoms with Crippen LogP contribution in [0.5, 0.6) is 11.5 Å². The first-order chi connectivity index (χ1) is 10.4. The zero-order valence-electron chi connectivity index (χ0n) is 11.3. The van der Waals surface area contributed by atoms with E-state index in [2.05, 4.69) is 17.1 Å². The topological polar surface area (TPSA) is 31.4 Å². The zero-order chi connectivity index (χ0) is 14.1. The van der Waals surface area contributed by atoms with Gasteiger partial charge in [-0.3, -0.25) is 0 Å². The van der Waals surface area contributed by atoms with Crippen molar-refractivity contribution < 1.29 is 9.47 Å².